The third kappa shape index (κ3) is 6.11. The van der Waals surface area contributed by atoms with Gasteiger partial charge in [-0.25, -0.2) is 4.79 Å². The molecule has 0 heterocycles. The smallest absolute Gasteiger partial charge is 0.416 e. The number of hydrogen-bond donors (Lipinski definition) is 2. The number of carbonyl (C=O) groups is 2. The van der Waals surface area contributed by atoms with E-state index in [1.807, 2.05) is 0 Å². The van der Waals surface area contributed by atoms with Crippen LogP contribution >= 0.6 is 0 Å². The molecule has 2 aromatic carbocycles. The van der Waals surface area contributed by atoms with Crippen LogP contribution in [0.1, 0.15) is 22.8 Å². The molecule has 0 fully saturated rings. The molecule has 1 unspecified atom stereocenters. The van der Waals surface area contributed by atoms with Gasteiger partial charge < -0.3 is 10.1 Å². The van der Waals surface area contributed by atoms with Gasteiger partial charge in [-0.05, 0) is 37.3 Å². The molecule has 2 rings (SSSR count). The van der Waals surface area contributed by atoms with Crippen molar-refractivity contribution in [2.45, 2.75) is 19.1 Å². The Labute approximate surface area is 159 Å². The second-order valence-corrected chi connectivity index (χ2v) is 5.54. The predicted octanol–water partition coefficient (Wildman–Crippen LogP) is 3.46. The number of carbonyl (C=O) groups excluding carboxylic acids is 2. The Bertz CT molecular complexity index is 839. The van der Waals surface area contributed by atoms with Gasteiger partial charge in [-0.2, -0.15) is 18.3 Å². The van der Waals surface area contributed by atoms with E-state index in [-0.39, 0.29) is 12.3 Å². The van der Waals surface area contributed by atoms with E-state index in [0.717, 1.165) is 18.3 Å². The Hall–Kier alpha value is -3.36. The normalized spacial score (nSPS) is 12.4. The van der Waals surface area contributed by atoms with E-state index >= 15 is 0 Å². The molecule has 0 saturated carbocycles. The van der Waals surface area contributed by atoms with Crippen molar-refractivity contribution in [2.75, 3.05) is 12.0 Å². The van der Waals surface area contributed by atoms with Gasteiger partial charge in [-0.15, -0.1) is 0 Å². The van der Waals surface area contributed by atoms with E-state index in [0.29, 0.717) is 5.56 Å². The van der Waals surface area contributed by atoms with Gasteiger partial charge in [0.25, 0.3) is 5.91 Å². The molecule has 0 bridgehead atoms. The number of rotatable bonds is 7. The second-order valence-electron chi connectivity index (χ2n) is 5.54. The number of hydrazone groups is 1. The van der Waals surface area contributed by atoms with Crippen LogP contribution in [-0.2, 0) is 15.7 Å². The van der Waals surface area contributed by atoms with Crippen LogP contribution in [0.15, 0.2) is 59.7 Å². The van der Waals surface area contributed by atoms with Gasteiger partial charge in [0.05, 0.1) is 24.1 Å². The molecule has 1 amide bonds. The summed E-state index contributed by atoms with van der Waals surface area (Å²) >= 11 is 0. The predicted molar refractivity (Wildman–Crippen MR) is 97.9 cm³/mol. The van der Waals surface area contributed by atoms with Crippen LogP contribution in [0.5, 0.6) is 0 Å². The maximum atomic E-state index is 12.7. The first kappa shape index (κ1) is 20.9. The number of nitrogens with zero attached hydrogens (tertiary/aromatic N) is 1. The van der Waals surface area contributed by atoms with Crippen LogP contribution < -0.4 is 10.7 Å². The number of esters is 1. The number of ether oxygens (including phenoxy) is 1. The van der Waals surface area contributed by atoms with Crippen LogP contribution in [0.3, 0.4) is 0 Å². The average molecular weight is 393 g/mol. The molecule has 0 aliphatic heterocycles. The number of alkyl halides is 3. The van der Waals surface area contributed by atoms with Crippen molar-refractivity contribution < 1.29 is 27.5 Å². The Morgan fingerprint density at radius 3 is 2.50 bits per heavy atom. The van der Waals surface area contributed by atoms with Gasteiger partial charge in [-0.3, -0.25) is 10.2 Å². The molecule has 1 atom stereocenters. The quantitative estimate of drug-likeness (QED) is 0.429. The molecule has 0 saturated heterocycles. The summed E-state index contributed by atoms with van der Waals surface area (Å²) in [5, 5.41) is 6.21. The van der Waals surface area contributed by atoms with Crippen molar-refractivity contribution >= 4 is 23.8 Å². The van der Waals surface area contributed by atoms with Gasteiger partial charge in [0.2, 0.25) is 0 Å². The lowest BCUT2D eigenvalue weighted by atomic mass is 10.2. The van der Waals surface area contributed by atoms with Crippen molar-refractivity contribution in [3.63, 3.8) is 0 Å². The summed E-state index contributed by atoms with van der Waals surface area (Å²) in [6, 6.07) is 11.4. The zero-order valence-electron chi connectivity index (χ0n) is 14.9. The van der Waals surface area contributed by atoms with Crippen LogP contribution in [0, 0.1) is 0 Å². The Morgan fingerprint density at radius 2 is 1.86 bits per heavy atom. The summed E-state index contributed by atoms with van der Waals surface area (Å²) in [6.45, 7) is 1.69. The molecular weight excluding hydrogens is 375 g/mol. The van der Waals surface area contributed by atoms with Crippen molar-refractivity contribution in [3.8, 4) is 0 Å². The van der Waals surface area contributed by atoms with Crippen molar-refractivity contribution in [1.82, 2.24) is 5.32 Å². The molecule has 6 nitrogen and oxygen atoms in total. The minimum atomic E-state index is -4.49. The number of amides is 1. The third-order valence-corrected chi connectivity index (χ3v) is 3.47. The highest BCUT2D eigenvalue weighted by molar-refractivity contribution is 6.03. The van der Waals surface area contributed by atoms with Gasteiger partial charge in [-0.1, -0.05) is 24.3 Å². The van der Waals surface area contributed by atoms with Crippen molar-refractivity contribution in [1.29, 1.82) is 0 Å². The lowest BCUT2D eigenvalue weighted by Crippen LogP contribution is -2.43. The largest absolute Gasteiger partial charge is 0.464 e. The number of benzene rings is 2. The Morgan fingerprint density at radius 1 is 1.14 bits per heavy atom. The maximum Gasteiger partial charge on any atom is 0.416 e. The first-order valence-corrected chi connectivity index (χ1v) is 8.30. The number of nitrogens with one attached hydrogen (secondary N) is 2. The van der Waals surface area contributed by atoms with Gasteiger partial charge in [0.15, 0.2) is 6.04 Å². The molecular formula is C19H18F3N3O3. The first-order valence-electron chi connectivity index (χ1n) is 8.30. The van der Waals surface area contributed by atoms with E-state index in [1.165, 1.54) is 12.1 Å². The molecule has 9 heteroatoms. The summed E-state index contributed by atoms with van der Waals surface area (Å²) < 4.78 is 43.1. The molecule has 0 aromatic heterocycles. The average Bonchev–Trinajstić information content (AvgIpc) is 2.67. The molecule has 0 aliphatic carbocycles. The van der Waals surface area contributed by atoms with Crippen LogP contribution in [0.4, 0.5) is 18.9 Å². The fourth-order valence-electron chi connectivity index (χ4n) is 2.15. The van der Waals surface area contributed by atoms with Gasteiger partial charge in [0, 0.05) is 5.56 Å². The third-order valence-electron chi connectivity index (χ3n) is 3.47. The van der Waals surface area contributed by atoms with E-state index in [9.17, 15) is 22.8 Å². The molecule has 2 N–H and O–H groups in total. The zero-order chi connectivity index (χ0) is 20.6. The number of halogens is 3. The summed E-state index contributed by atoms with van der Waals surface area (Å²) in [6.07, 6.45) is -3.43. The Kier molecular flexibility index (Phi) is 7.14. The van der Waals surface area contributed by atoms with Gasteiger partial charge in [0.1, 0.15) is 0 Å². The van der Waals surface area contributed by atoms with Crippen LogP contribution in [0.25, 0.3) is 0 Å². The topological polar surface area (TPSA) is 79.8 Å². The highest BCUT2D eigenvalue weighted by Gasteiger charge is 2.30. The molecule has 148 valence electrons. The standard InChI is InChI=1S/C19H18F3N3O3/c1-2-28-18(27)16(24-17(26)13-7-4-3-5-8-13)12-23-25-15-10-6-9-14(11-15)19(20,21)22/h3-12,16,25H,2H2,1H3,(H,24,26)/b23-12+. The van der Waals surface area contributed by atoms with E-state index in [2.05, 4.69) is 15.8 Å². The van der Waals surface area contributed by atoms with E-state index < -0.39 is 29.7 Å². The van der Waals surface area contributed by atoms with E-state index in [4.69, 9.17) is 4.74 Å². The molecule has 28 heavy (non-hydrogen) atoms. The van der Waals surface area contributed by atoms with Crippen molar-refractivity contribution in [3.05, 3.63) is 65.7 Å². The summed E-state index contributed by atoms with van der Waals surface area (Å²) in [5.41, 5.74) is 1.97. The monoisotopic (exact) mass is 393 g/mol. The fraction of sp³-hybridized carbons (Fsp3) is 0.211. The molecule has 0 spiro atoms. The lowest BCUT2D eigenvalue weighted by Gasteiger charge is -2.13. The van der Waals surface area contributed by atoms with Crippen molar-refractivity contribution in [2.24, 2.45) is 5.10 Å². The highest BCUT2D eigenvalue weighted by atomic mass is 19.4. The Balaban J connectivity index is 2.10. The number of hydrogen-bond acceptors (Lipinski definition) is 5. The van der Waals surface area contributed by atoms with Crippen LogP contribution in [-0.4, -0.2) is 30.7 Å². The SMILES string of the molecule is CCOC(=O)C(/C=N/Nc1cccc(C(F)(F)F)c1)NC(=O)c1ccccc1. The highest BCUT2D eigenvalue weighted by Crippen LogP contribution is 2.30. The maximum absolute atomic E-state index is 12.7. The van der Waals surface area contributed by atoms with E-state index in [1.54, 1.807) is 37.3 Å². The summed E-state index contributed by atoms with van der Waals surface area (Å²) in [4.78, 5) is 24.3. The molecule has 2 aromatic rings. The minimum absolute atomic E-state index is 0.0723. The fourth-order valence-corrected chi connectivity index (χ4v) is 2.15. The van der Waals surface area contributed by atoms with Gasteiger partial charge >= 0.3 is 12.1 Å². The summed E-state index contributed by atoms with van der Waals surface area (Å²) in [7, 11) is 0. The molecule has 0 aliphatic rings. The first-order chi connectivity index (χ1) is 13.3. The van der Waals surface area contributed by atoms with Crippen LogP contribution in [0.2, 0.25) is 0 Å². The minimum Gasteiger partial charge on any atom is -0.464 e. The lowest BCUT2D eigenvalue weighted by molar-refractivity contribution is -0.143. The number of anilines is 1. The summed E-state index contributed by atoms with van der Waals surface area (Å²) in [5.74, 6) is -1.27. The second kappa shape index (κ2) is 9.54. The molecule has 0 radical (unpaired) electrons. The zero-order valence-corrected chi connectivity index (χ0v) is 14.9.